The zero-order valence-corrected chi connectivity index (χ0v) is 12.3. The van der Waals surface area contributed by atoms with E-state index >= 15 is 0 Å². The van der Waals surface area contributed by atoms with E-state index in [-0.39, 0.29) is 13.2 Å². The van der Waals surface area contributed by atoms with Crippen molar-refractivity contribution in [1.29, 1.82) is 0 Å². The van der Waals surface area contributed by atoms with Gasteiger partial charge in [0.15, 0.2) is 12.4 Å². The fraction of sp³-hybridized carbons (Fsp3) is 0.538. The van der Waals surface area contributed by atoms with Crippen LogP contribution in [0.5, 0.6) is 0 Å². The minimum atomic E-state index is -3.83. The molecule has 1 saturated heterocycles. The van der Waals surface area contributed by atoms with Crippen LogP contribution in [-0.4, -0.2) is 56.1 Å². The maximum Gasteiger partial charge on any atom is 0.264 e. The SMILES string of the molecule is CS(=O)(=O)O[C@@H]1[C@@H](OCc2ccccc2)OC[C@@H](O)[C@@H]1O. The van der Waals surface area contributed by atoms with Crippen LogP contribution in [0.15, 0.2) is 30.3 Å². The van der Waals surface area contributed by atoms with E-state index in [4.69, 9.17) is 13.7 Å². The molecule has 1 fully saturated rings. The molecular formula is C13H18O7S. The molecule has 2 rings (SSSR count). The van der Waals surface area contributed by atoms with Crippen molar-refractivity contribution in [3.05, 3.63) is 35.9 Å². The summed E-state index contributed by atoms with van der Waals surface area (Å²) in [5, 5.41) is 19.4. The van der Waals surface area contributed by atoms with Crippen LogP contribution >= 0.6 is 0 Å². The summed E-state index contributed by atoms with van der Waals surface area (Å²) in [6, 6.07) is 9.20. The molecule has 0 amide bonds. The first-order valence-corrected chi connectivity index (χ1v) is 8.20. The fourth-order valence-corrected chi connectivity index (χ4v) is 2.57. The zero-order chi connectivity index (χ0) is 15.5. The van der Waals surface area contributed by atoms with Crippen LogP contribution in [0.25, 0.3) is 0 Å². The number of rotatable bonds is 5. The second-order valence-electron chi connectivity index (χ2n) is 4.82. The minimum Gasteiger partial charge on any atom is -0.388 e. The van der Waals surface area contributed by atoms with Crippen LogP contribution in [-0.2, 0) is 30.4 Å². The molecule has 1 aromatic rings. The van der Waals surface area contributed by atoms with Crippen molar-refractivity contribution in [3.8, 4) is 0 Å². The number of hydrogen-bond acceptors (Lipinski definition) is 7. The number of benzene rings is 1. The van der Waals surface area contributed by atoms with Crippen molar-refractivity contribution < 1.29 is 32.3 Å². The van der Waals surface area contributed by atoms with Gasteiger partial charge in [0.25, 0.3) is 10.1 Å². The maximum absolute atomic E-state index is 11.2. The molecule has 1 aliphatic heterocycles. The third-order valence-corrected chi connectivity index (χ3v) is 3.55. The molecule has 0 spiro atoms. The summed E-state index contributed by atoms with van der Waals surface area (Å²) in [4.78, 5) is 0. The Morgan fingerprint density at radius 3 is 2.57 bits per heavy atom. The Kier molecular flexibility index (Phi) is 5.31. The Morgan fingerprint density at radius 1 is 1.29 bits per heavy atom. The van der Waals surface area contributed by atoms with E-state index in [2.05, 4.69) is 0 Å². The van der Waals surface area contributed by atoms with Crippen LogP contribution in [0, 0.1) is 0 Å². The van der Waals surface area contributed by atoms with E-state index in [0.29, 0.717) is 0 Å². The first-order chi connectivity index (χ1) is 9.87. The van der Waals surface area contributed by atoms with E-state index in [1.165, 1.54) is 0 Å². The lowest BCUT2D eigenvalue weighted by molar-refractivity contribution is -0.266. The van der Waals surface area contributed by atoms with Gasteiger partial charge in [0.1, 0.15) is 12.2 Å². The standard InChI is InChI=1S/C13H18O7S/c1-21(16,17)20-12-11(15)10(14)8-19-13(12)18-7-9-5-3-2-4-6-9/h2-6,10-15H,7-8H2,1H3/t10-,11+,12+,13+/m1/s1. The molecule has 0 aliphatic carbocycles. The summed E-state index contributed by atoms with van der Waals surface area (Å²) in [7, 11) is -3.83. The predicted octanol–water partition coefficient (Wildman–Crippen LogP) is -0.374. The average molecular weight is 318 g/mol. The van der Waals surface area contributed by atoms with Gasteiger partial charge in [0, 0.05) is 0 Å². The van der Waals surface area contributed by atoms with Gasteiger partial charge in [-0.15, -0.1) is 0 Å². The topological polar surface area (TPSA) is 102 Å². The fourth-order valence-electron chi connectivity index (χ4n) is 1.97. The summed E-state index contributed by atoms with van der Waals surface area (Å²) in [5.74, 6) is 0. The summed E-state index contributed by atoms with van der Waals surface area (Å²) in [6.45, 7) is 0.00217. The smallest absolute Gasteiger partial charge is 0.264 e. The van der Waals surface area contributed by atoms with Gasteiger partial charge >= 0.3 is 0 Å². The molecular weight excluding hydrogens is 300 g/mol. The molecule has 1 aliphatic rings. The van der Waals surface area contributed by atoms with Gasteiger partial charge < -0.3 is 19.7 Å². The highest BCUT2D eigenvalue weighted by Gasteiger charge is 2.42. The van der Waals surface area contributed by atoms with E-state index in [1.807, 2.05) is 30.3 Å². The lowest BCUT2D eigenvalue weighted by atomic mass is 10.1. The number of aliphatic hydroxyl groups is 2. The molecule has 0 bridgehead atoms. The second kappa shape index (κ2) is 6.82. The van der Waals surface area contributed by atoms with Crippen LogP contribution in [0.2, 0.25) is 0 Å². The van der Waals surface area contributed by atoms with Gasteiger partial charge in [-0.1, -0.05) is 30.3 Å². The van der Waals surface area contributed by atoms with Crippen molar-refractivity contribution in [2.45, 2.75) is 31.2 Å². The number of hydrogen-bond donors (Lipinski definition) is 2. The molecule has 118 valence electrons. The van der Waals surface area contributed by atoms with Crippen molar-refractivity contribution in [2.24, 2.45) is 0 Å². The molecule has 0 radical (unpaired) electrons. The third kappa shape index (κ3) is 4.73. The van der Waals surface area contributed by atoms with Crippen molar-refractivity contribution in [2.75, 3.05) is 12.9 Å². The van der Waals surface area contributed by atoms with Gasteiger partial charge in [-0.05, 0) is 5.56 Å². The highest BCUT2D eigenvalue weighted by molar-refractivity contribution is 7.86. The molecule has 0 aromatic heterocycles. The maximum atomic E-state index is 11.2. The zero-order valence-electron chi connectivity index (χ0n) is 11.5. The molecule has 8 heteroatoms. The van der Waals surface area contributed by atoms with Crippen molar-refractivity contribution in [3.63, 3.8) is 0 Å². The molecule has 4 atom stereocenters. The summed E-state index contributed by atoms with van der Waals surface area (Å²) >= 11 is 0. The van der Waals surface area contributed by atoms with Crippen LogP contribution in [0.3, 0.4) is 0 Å². The van der Waals surface area contributed by atoms with Gasteiger partial charge in [0.05, 0.1) is 19.5 Å². The first-order valence-electron chi connectivity index (χ1n) is 6.38. The Balaban J connectivity index is 2.04. The Hall–Kier alpha value is -1.03. The molecule has 0 saturated carbocycles. The van der Waals surface area contributed by atoms with Crippen LogP contribution < -0.4 is 0 Å². The predicted molar refractivity (Wildman–Crippen MR) is 72.7 cm³/mol. The largest absolute Gasteiger partial charge is 0.388 e. The third-order valence-electron chi connectivity index (χ3n) is 2.97. The normalized spacial score (nSPS) is 30.2. The Bertz CT molecular complexity index is 545. The first kappa shape index (κ1) is 16.3. The average Bonchev–Trinajstić information content (AvgIpc) is 2.43. The van der Waals surface area contributed by atoms with Crippen LogP contribution in [0.4, 0.5) is 0 Å². The van der Waals surface area contributed by atoms with E-state index in [9.17, 15) is 18.6 Å². The Labute approximate surface area is 123 Å². The highest BCUT2D eigenvalue weighted by Crippen LogP contribution is 2.22. The van der Waals surface area contributed by atoms with Crippen molar-refractivity contribution in [1.82, 2.24) is 0 Å². The van der Waals surface area contributed by atoms with E-state index < -0.39 is 34.7 Å². The van der Waals surface area contributed by atoms with Gasteiger partial charge in [-0.3, -0.25) is 4.18 Å². The van der Waals surface area contributed by atoms with Gasteiger partial charge in [-0.2, -0.15) is 8.42 Å². The lowest BCUT2D eigenvalue weighted by Crippen LogP contribution is -2.55. The van der Waals surface area contributed by atoms with Gasteiger partial charge in [-0.25, -0.2) is 0 Å². The number of aliphatic hydroxyl groups excluding tert-OH is 2. The summed E-state index contributed by atoms with van der Waals surface area (Å²) in [6.07, 6.45) is -4.18. The molecule has 1 heterocycles. The summed E-state index contributed by atoms with van der Waals surface area (Å²) in [5.41, 5.74) is 0.861. The monoisotopic (exact) mass is 318 g/mol. The second-order valence-corrected chi connectivity index (χ2v) is 6.42. The molecule has 0 unspecified atom stereocenters. The van der Waals surface area contributed by atoms with Crippen LogP contribution in [0.1, 0.15) is 5.56 Å². The molecule has 2 N–H and O–H groups in total. The summed E-state index contributed by atoms with van der Waals surface area (Å²) < 4.78 is 37.9. The van der Waals surface area contributed by atoms with Gasteiger partial charge in [0.2, 0.25) is 0 Å². The highest BCUT2D eigenvalue weighted by atomic mass is 32.2. The number of ether oxygens (including phenoxy) is 2. The molecule has 21 heavy (non-hydrogen) atoms. The van der Waals surface area contributed by atoms with E-state index in [0.717, 1.165) is 11.8 Å². The van der Waals surface area contributed by atoms with Crippen molar-refractivity contribution >= 4 is 10.1 Å². The minimum absolute atomic E-state index is 0.162. The molecule has 1 aromatic carbocycles. The Morgan fingerprint density at radius 2 is 1.95 bits per heavy atom. The van der Waals surface area contributed by atoms with E-state index in [1.54, 1.807) is 0 Å². The lowest BCUT2D eigenvalue weighted by Gasteiger charge is -2.36. The quantitative estimate of drug-likeness (QED) is 0.714. The molecule has 7 nitrogen and oxygen atoms in total.